The normalized spacial score (nSPS) is 26.9. The van der Waals surface area contributed by atoms with Gasteiger partial charge in [0.05, 0.1) is 17.2 Å². The van der Waals surface area contributed by atoms with Crippen LogP contribution in [0, 0.1) is 11.2 Å². The number of nitrogens with one attached hydrogen (secondary N) is 1. The molecule has 5 rings (SSSR count). The molecule has 1 saturated carbocycles. The van der Waals surface area contributed by atoms with Gasteiger partial charge in [-0.3, -0.25) is 14.6 Å². The van der Waals surface area contributed by atoms with E-state index in [0.29, 0.717) is 23.5 Å². The molecule has 2 aliphatic heterocycles. The maximum absolute atomic E-state index is 15.3. The molecule has 1 aromatic carbocycles. The van der Waals surface area contributed by atoms with Crippen molar-refractivity contribution in [2.24, 2.45) is 5.41 Å². The van der Waals surface area contributed by atoms with Crippen LogP contribution in [0.5, 0.6) is 0 Å². The van der Waals surface area contributed by atoms with Crippen LogP contribution in [0.1, 0.15) is 55.4 Å². The van der Waals surface area contributed by atoms with E-state index in [4.69, 9.17) is 0 Å². The molecule has 2 amide bonds. The molecule has 8 heteroatoms. The third kappa shape index (κ3) is 4.51. The van der Waals surface area contributed by atoms with Crippen LogP contribution in [0.4, 0.5) is 10.1 Å². The second kappa shape index (κ2) is 9.57. The van der Waals surface area contributed by atoms with E-state index in [-0.39, 0.29) is 29.8 Å². The molecule has 3 heterocycles. The summed E-state index contributed by atoms with van der Waals surface area (Å²) in [5.41, 5.74) is 1.81. The number of hydrogen-bond donors (Lipinski definition) is 2. The summed E-state index contributed by atoms with van der Waals surface area (Å²) in [5.74, 6) is -0.375. The quantitative estimate of drug-likeness (QED) is 0.701. The summed E-state index contributed by atoms with van der Waals surface area (Å²) in [7, 11) is 1.55. The highest BCUT2D eigenvalue weighted by molar-refractivity contribution is 5.92. The third-order valence-corrected chi connectivity index (χ3v) is 8.07. The van der Waals surface area contributed by atoms with E-state index in [1.807, 2.05) is 15.9 Å². The average molecular weight is 481 g/mol. The van der Waals surface area contributed by atoms with Gasteiger partial charge >= 0.3 is 0 Å². The van der Waals surface area contributed by atoms with Crippen molar-refractivity contribution in [1.82, 2.24) is 15.2 Å². The molecule has 0 radical (unpaired) electrons. The fraction of sp³-hybridized carbons (Fsp3) is 0.519. The predicted molar refractivity (Wildman–Crippen MR) is 131 cm³/mol. The maximum atomic E-state index is 15.3. The molecule has 0 bridgehead atoms. The Morgan fingerprint density at radius 2 is 1.89 bits per heavy atom. The zero-order valence-corrected chi connectivity index (χ0v) is 20.2. The van der Waals surface area contributed by atoms with Crippen molar-refractivity contribution in [3.63, 3.8) is 0 Å². The Labute approximate surface area is 205 Å². The largest absolute Gasteiger partial charge is 0.393 e. The maximum Gasteiger partial charge on any atom is 0.269 e. The van der Waals surface area contributed by atoms with Crippen molar-refractivity contribution in [2.75, 3.05) is 31.6 Å². The summed E-state index contributed by atoms with van der Waals surface area (Å²) in [4.78, 5) is 33.5. The number of amides is 2. The fourth-order valence-corrected chi connectivity index (χ4v) is 6.05. The highest BCUT2D eigenvalue weighted by Crippen LogP contribution is 2.44. The Hall–Kier alpha value is -3.00. The first-order valence-electron chi connectivity index (χ1n) is 12.6. The minimum Gasteiger partial charge on any atom is -0.393 e. The highest BCUT2D eigenvalue weighted by Gasteiger charge is 2.50. The Bertz CT molecular complexity index is 1100. The fourth-order valence-electron chi connectivity index (χ4n) is 6.05. The number of aliphatic hydroxyl groups is 1. The molecule has 1 atom stereocenters. The number of hydrogen-bond acceptors (Lipinski definition) is 5. The van der Waals surface area contributed by atoms with Gasteiger partial charge in [0.2, 0.25) is 5.91 Å². The van der Waals surface area contributed by atoms with Gasteiger partial charge in [-0.2, -0.15) is 0 Å². The van der Waals surface area contributed by atoms with Crippen molar-refractivity contribution in [2.45, 2.75) is 57.1 Å². The first-order chi connectivity index (χ1) is 16.9. The van der Waals surface area contributed by atoms with Crippen LogP contribution in [-0.4, -0.2) is 65.6 Å². The second-order valence-corrected chi connectivity index (χ2v) is 10.2. The number of aromatic nitrogens is 1. The van der Waals surface area contributed by atoms with Crippen LogP contribution in [-0.2, 0) is 4.79 Å². The van der Waals surface area contributed by atoms with Crippen LogP contribution >= 0.6 is 0 Å². The average Bonchev–Trinajstić information content (AvgIpc) is 3.19. The van der Waals surface area contributed by atoms with Crippen LogP contribution in [0.25, 0.3) is 11.1 Å². The minimum absolute atomic E-state index is 0.211. The molecule has 1 aromatic heterocycles. The van der Waals surface area contributed by atoms with Crippen LogP contribution in [0.3, 0.4) is 0 Å². The van der Waals surface area contributed by atoms with Gasteiger partial charge < -0.3 is 20.2 Å². The lowest BCUT2D eigenvalue weighted by Crippen LogP contribution is -2.50. The molecule has 1 spiro atoms. The molecule has 0 unspecified atom stereocenters. The van der Waals surface area contributed by atoms with Gasteiger partial charge in [-0.15, -0.1) is 0 Å². The summed E-state index contributed by atoms with van der Waals surface area (Å²) >= 11 is 0. The number of halogens is 1. The SMILES string of the molecule is CNC(=O)c1ccc(-c2ccc(N3CCC[C@]4(CCN(C5CCC(O)CC5)C4=O)C3)c(F)c2)cn1. The van der Waals surface area contributed by atoms with Crippen LogP contribution < -0.4 is 10.2 Å². The van der Waals surface area contributed by atoms with Crippen molar-refractivity contribution in [3.05, 3.63) is 48.0 Å². The van der Waals surface area contributed by atoms with Gasteiger partial charge in [0.25, 0.3) is 5.91 Å². The van der Waals surface area contributed by atoms with Gasteiger partial charge in [-0.25, -0.2) is 4.39 Å². The predicted octanol–water partition coefficient (Wildman–Crippen LogP) is 3.37. The summed E-state index contributed by atoms with van der Waals surface area (Å²) in [6.45, 7) is 2.02. The lowest BCUT2D eigenvalue weighted by atomic mass is 9.78. The van der Waals surface area contributed by atoms with E-state index in [0.717, 1.165) is 63.6 Å². The van der Waals surface area contributed by atoms with E-state index in [9.17, 15) is 14.7 Å². The van der Waals surface area contributed by atoms with Crippen LogP contribution in [0.2, 0.25) is 0 Å². The highest BCUT2D eigenvalue weighted by atomic mass is 19.1. The molecule has 3 aliphatic rings. The lowest BCUT2D eigenvalue weighted by Gasteiger charge is -2.41. The van der Waals surface area contributed by atoms with Crippen molar-refractivity contribution < 1.29 is 19.1 Å². The third-order valence-electron chi connectivity index (χ3n) is 8.07. The molecule has 35 heavy (non-hydrogen) atoms. The van der Waals surface area contributed by atoms with E-state index < -0.39 is 5.41 Å². The Morgan fingerprint density at radius 3 is 2.57 bits per heavy atom. The summed E-state index contributed by atoms with van der Waals surface area (Å²) in [5, 5.41) is 12.4. The summed E-state index contributed by atoms with van der Waals surface area (Å²) < 4.78 is 15.3. The van der Waals surface area contributed by atoms with E-state index >= 15 is 4.39 Å². The molecule has 7 nitrogen and oxygen atoms in total. The number of rotatable bonds is 4. The van der Waals surface area contributed by atoms with E-state index in [1.165, 1.54) is 6.07 Å². The number of carbonyl (C=O) groups is 2. The molecule has 3 fully saturated rings. The molecule has 2 saturated heterocycles. The smallest absolute Gasteiger partial charge is 0.269 e. The first-order valence-corrected chi connectivity index (χ1v) is 12.6. The van der Waals surface area contributed by atoms with E-state index in [1.54, 1.807) is 31.4 Å². The monoisotopic (exact) mass is 480 g/mol. The summed E-state index contributed by atoms with van der Waals surface area (Å²) in [6, 6.07) is 8.77. The Kier molecular flexibility index (Phi) is 6.49. The molecular formula is C27H33FN4O3. The number of carbonyl (C=O) groups excluding carboxylic acids is 2. The molecule has 1 aliphatic carbocycles. The standard InChI is InChI=1S/C27H33FN4O3/c1-29-25(34)23-9-3-19(16-30-23)18-4-10-24(22(28)15-18)31-13-2-11-27(17-31)12-14-32(26(27)35)20-5-7-21(33)8-6-20/h3-4,9-10,15-16,20-21,33H,2,5-8,11-14,17H2,1H3,(H,29,34)/t20?,21?,27-/m0/s1. The number of likely N-dealkylation sites (tertiary alicyclic amines) is 1. The summed E-state index contributed by atoms with van der Waals surface area (Å²) in [6.07, 6.45) is 7.09. The van der Waals surface area contributed by atoms with Crippen molar-refractivity contribution >= 4 is 17.5 Å². The van der Waals surface area contributed by atoms with Gasteiger partial charge in [-0.1, -0.05) is 12.1 Å². The number of aliphatic hydroxyl groups excluding tert-OH is 1. The Balaban J connectivity index is 1.31. The number of pyridine rings is 1. The zero-order valence-electron chi connectivity index (χ0n) is 20.2. The van der Waals surface area contributed by atoms with Crippen LogP contribution in [0.15, 0.2) is 36.5 Å². The number of anilines is 1. The first kappa shape index (κ1) is 23.7. The van der Waals surface area contributed by atoms with Crippen molar-refractivity contribution in [3.8, 4) is 11.1 Å². The van der Waals surface area contributed by atoms with Crippen molar-refractivity contribution in [1.29, 1.82) is 0 Å². The number of nitrogens with zero attached hydrogens (tertiary/aromatic N) is 3. The van der Waals surface area contributed by atoms with Gasteiger partial charge in [0, 0.05) is 44.5 Å². The molecule has 2 aromatic rings. The van der Waals surface area contributed by atoms with Gasteiger partial charge in [0.1, 0.15) is 11.5 Å². The lowest BCUT2D eigenvalue weighted by molar-refractivity contribution is -0.139. The minimum atomic E-state index is -0.445. The van der Waals surface area contributed by atoms with Gasteiger partial charge in [-0.05, 0) is 68.7 Å². The second-order valence-electron chi connectivity index (χ2n) is 10.2. The number of piperidine rings is 1. The number of benzene rings is 1. The molecule has 186 valence electrons. The van der Waals surface area contributed by atoms with Gasteiger partial charge in [0.15, 0.2) is 0 Å². The Morgan fingerprint density at radius 1 is 1.11 bits per heavy atom. The molecular weight excluding hydrogens is 447 g/mol. The zero-order chi connectivity index (χ0) is 24.6. The molecule has 2 N–H and O–H groups in total. The topological polar surface area (TPSA) is 85.8 Å². The van der Waals surface area contributed by atoms with E-state index in [2.05, 4.69) is 10.3 Å².